The van der Waals surface area contributed by atoms with Crippen LogP contribution in [-0.2, 0) is 24.9 Å². The molecule has 3 aromatic rings. The van der Waals surface area contributed by atoms with Gasteiger partial charge in [0.2, 0.25) is 5.91 Å². The number of carbonyl (C=O) groups is 2. The van der Waals surface area contributed by atoms with E-state index in [4.69, 9.17) is 5.11 Å². The molecule has 0 radical (unpaired) electrons. The van der Waals surface area contributed by atoms with E-state index in [0.717, 1.165) is 28.3 Å². The lowest BCUT2D eigenvalue weighted by Gasteiger charge is -2.08. The van der Waals surface area contributed by atoms with Crippen LogP contribution in [0.1, 0.15) is 45.2 Å². The van der Waals surface area contributed by atoms with Crippen LogP contribution in [0.25, 0.3) is 0 Å². The van der Waals surface area contributed by atoms with Crippen LogP contribution in [0.15, 0.2) is 12.3 Å². The van der Waals surface area contributed by atoms with Crippen LogP contribution in [0.4, 0.5) is 5.69 Å². The molecule has 3 heterocycles. The molecule has 10 nitrogen and oxygen atoms in total. The number of carboxylic acids is 1. The molecule has 0 bridgehead atoms. The van der Waals surface area contributed by atoms with E-state index in [0.29, 0.717) is 18.8 Å². The maximum Gasteiger partial charge on any atom is 0.356 e. The predicted molar refractivity (Wildman–Crippen MR) is 106 cm³/mol. The Balaban J connectivity index is 1.67. The van der Waals surface area contributed by atoms with Crippen molar-refractivity contribution in [1.82, 2.24) is 29.3 Å². The summed E-state index contributed by atoms with van der Waals surface area (Å²) < 4.78 is 5.17. The van der Waals surface area contributed by atoms with Crippen LogP contribution < -0.4 is 5.32 Å². The van der Waals surface area contributed by atoms with E-state index in [1.165, 1.54) is 10.7 Å². The molecule has 0 unspecified atom stereocenters. The summed E-state index contributed by atoms with van der Waals surface area (Å²) in [5, 5.41) is 24.7. The molecular formula is C19H25N7O3. The molecule has 0 aromatic carbocycles. The molecule has 0 fully saturated rings. The first-order valence-electron chi connectivity index (χ1n) is 9.27. The quantitative estimate of drug-likeness (QED) is 0.625. The molecule has 1 amide bonds. The molecule has 3 rings (SSSR count). The number of rotatable bonds is 7. The minimum absolute atomic E-state index is 0.0423. The third-order valence-corrected chi connectivity index (χ3v) is 5.04. The Kier molecular flexibility index (Phi) is 5.53. The fraction of sp³-hybridized carbons (Fsp3) is 0.421. The number of anilines is 1. The molecule has 0 saturated carbocycles. The van der Waals surface area contributed by atoms with E-state index in [-0.39, 0.29) is 18.0 Å². The van der Waals surface area contributed by atoms with Crippen molar-refractivity contribution in [2.24, 2.45) is 7.05 Å². The van der Waals surface area contributed by atoms with Gasteiger partial charge in [-0.2, -0.15) is 15.3 Å². The lowest BCUT2D eigenvalue weighted by molar-refractivity contribution is -0.116. The van der Waals surface area contributed by atoms with Crippen molar-refractivity contribution in [2.75, 3.05) is 5.32 Å². The van der Waals surface area contributed by atoms with E-state index in [9.17, 15) is 9.59 Å². The van der Waals surface area contributed by atoms with Gasteiger partial charge in [-0.05, 0) is 33.8 Å². The lowest BCUT2D eigenvalue weighted by Crippen LogP contribution is -2.16. The normalized spacial score (nSPS) is 11.1. The highest BCUT2D eigenvalue weighted by atomic mass is 16.4. The number of aryl methyl sites for hydroxylation is 4. The van der Waals surface area contributed by atoms with Gasteiger partial charge in [0.05, 0.1) is 29.3 Å². The van der Waals surface area contributed by atoms with Gasteiger partial charge < -0.3 is 10.4 Å². The summed E-state index contributed by atoms with van der Waals surface area (Å²) in [6.45, 7) is 8.65. The second kappa shape index (κ2) is 7.90. The zero-order chi connectivity index (χ0) is 21.3. The van der Waals surface area contributed by atoms with Crippen molar-refractivity contribution < 1.29 is 14.7 Å². The van der Waals surface area contributed by atoms with E-state index in [1.54, 1.807) is 6.20 Å². The van der Waals surface area contributed by atoms with Crippen LogP contribution in [-0.4, -0.2) is 46.3 Å². The molecule has 0 aliphatic carbocycles. The van der Waals surface area contributed by atoms with Gasteiger partial charge in [-0.15, -0.1) is 0 Å². The Labute approximate surface area is 168 Å². The van der Waals surface area contributed by atoms with Gasteiger partial charge >= 0.3 is 5.97 Å². The number of hydrogen-bond acceptors (Lipinski definition) is 5. The molecule has 0 spiro atoms. The SMILES string of the molecule is Cc1nn(C)c(C)c1Cn1nc(C)c(NC(=O)CCn2ccc(C(=O)O)n2)c1C. The largest absolute Gasteiger partial charge is 0.476 e. The smallest absolute Gasteiger partial charge is 0.356 e. The molecule has 0 aliphatic heterocycles. The van der Waals surface area contributed by atoms with Crippen molar-refractivity contribution in [3.8, 4) is 0 Å². The molecule has 0 aliphatic rings. The van der Waals surface area contributed by atoms with Crippen molar-refractivity contribution in [3.05, 3.63) is 46.3 Å². The molecule has 0 saturated heterocycles. The molecule has 3 aromatic heterocycles. The minimum Gasteiger partial charge on any atom is -0.476 e. The molecule has 154 valence electrons. The molecule has 10 heteroatoms. The lowest BCUT2D eigenvalue weighted by atomic mass is 10.2. The summed E-state index contributed by atoms with van der Waals surface area (Å²) in [6, 6.07) is 1.40. The van der Waals surface area contributed by atoms with Crippen LogP contribution in [0, 0.1) is 27.7 Å². The van der Waals surface area contributed by atoms with E-state index in [1.807, 2.05) is 44.1 Å². The fourth-order valence-corrected chi connectivity index (χ4v) is 3.25. The second-order valence-electron chi connectivity index (χ2n) is 7.04. The highest BCUT2D eigenvalue weighted by Crippen LogP contribution is 2.22. The summed E-state index contributed by atoms with van der Waals surface area (Å²) in [5.41, 5.74) is 5.42. The topological polar surface area (TPSA) is 120 Å². The maximum absolute atomic E-state index is 12.4. The van der Waals surface area contributed by atoms with Gasteiger partial charge in [0.25, 0.3) is 0 Å². The van der Waals surface area contributed by atoms with Crippen molar-refractivity contribution in [1.29, 1.82) is 0 Å². The van der Waals surface area contributed by atoms with Crippen LogP contribution in [0.3, 0.4) is 0 Å². The first-order valence-corrected chi connectivity index (χ1v) is 9.27. The van der Waals surface area contributed by atoms with Gasteiger partial charge in [0, 0.05) is 37.5 Å². The predicted octanol–water partition coefficient (Wildman–Crippen LogP) is 1.82. The van der Waals surface area contributed by atoms with Gasteiger partial charge in [-0.25, -0.2) is 4.79 Å². The Morgan fingerprint density at radius 1 is 1.07 bits per heavy atom. The number of carboxylic acid groups (broad SMARTS) is 1. The van der Waals surface area contributed by atoms with E-state index < -0.39 is 5.97 Å². The van der Waals surface area contributed by atoms with Gasteiger partial charge in [-0.3, -0.25) is 18.8 Å². The van der Waals surface area contributed by atoms with Crippen LogP contribution >= 0.6 is 0 Å². The minimum atomic E-state index is -1.09. The number of hydrogen-bond donors (Lipinski definition) is 2. The number of nitrogens with one attached hydrogen (secondary N) is 1. The molecule has 0 atom stereocenters. The first-order chi connectivity index (χ1) is 13.7. The number of amides is 1. The standard InChI is InChI=1S/C19H25N7O3/c1-11-15(13(3)24(5)21-11)10-26-14(4)18(12(2)22-26)20-17(27)7-9-25-8-6-16(23-25)19(28)29/h6,8H,7,9-10H2,1-5H3,(H,20,27)(H,28,29). The number of aromatic nitrogens is 6. The summed E-state index contributed by atoms with van der Waals surface area (Å²) in [5.74, 6) is -1.28. The maximum atomic E-state index is 12.4. The van der Waals surface area contributed by atoms with Crippen molar-refractivity contribution in [2.45, 2.75) is 47.2 Å². The highest BCUT2D eigenvalue weighted by molar-refractivity contribution is 5.91. The summed E-state index contributed by atoms with van der Waals surface area (Å²) in [4.78, 5) is 23.3. The third kappa shape index (κ3) is 4.20. The van der Waals surface area contributed by atoms with E-state index in [2.05, 4.69) is 20.6 Å². The summed E-state index contributed by atoms with van der Waals surface area (Å²) in [6.07, 6.45) is 1.72. The van der Waals surface area contributed by atoms with Gasteiger partial charge in [-0.1, -0.05) is 0 Å². The monoisotopic (exact) mass is 399 g/mol. The number of carbonyl (C=O) groups excluding carboxylic acids is 1. The first kappa shape index (κ1) is 20.3. The fourth-order valence-electron chi connectivity index (χ4n) is 3.25. The Hall–Kier alpha value is -3.43. The van der Waals surface area contributed by atoms with Crippen molar-refractivity contribution in [3.63, 3.8) is 0 Å². The highest BCUT2D eigenvalue weighted by Gasteiger charge is 2.17. The van der Waals surface area contributed by atoms with Gasteiger partial charge in [0.15, 0.2) is 5.69 Å². The number of nitrogens with zero attached hydrogens (tertiary/aromatic N) is 6. The van der Waals surface area contributed by atoms with Crippen LogP contribution in [0.2, 0.25) is 0 Å². The van der Waals surface area contributed by atoms with Gasteiger partial charge in [0.1, 0.15) is 0 Å². The van der Waals surface area contributed by atoms with Crippen molar-refractivity contribution >= 4 is 17.6 Å². The Morgan fingerprint density at radius 2 is 1.79 bits per heavy atom. The van der Waals surface area contributed by atoms with E-state index >= 15 is 0 Å². The summed E-state index contributed by atoms with van der Waals surface area (Å²) in [7, 11) is 1.91. The average molecular weight is 399 g/mol. The Bertz CT molecular complexity index is 1070. The molecular weight excluding hydrogens is 374 g/mol. The average Bonchev–Trinajstić information content (AvgIpc) is 3.30. The Morgan fingerprint density at radius 3 is 2.38 bits per heavy atom. The zero-order valence-corrected chi connectivity index (χ0v) is 17.2. The third-order valence-electron chi connectivity index (χ3n) is 5.04. The molecule has 29 heavy (non-hydrogen) atoms. The number of aromatic carboxylic acids is 1. The van der Waals surface area contributed by atoms with Crippen LogP contribution in [0.5, 0.6) is 0 Å². The molecule has 2 N–H and O–H groups in total. The second-order valence-corrected chi connectivity index (χ2v) is 7.04. The zero-order valence-electron chi connectivity index (χ0n) is 17.2. The summed E-state index contributed by atoms with van der Waals surface area (Å²) >= 11 is 0.